The zero-order valence-corrected chi connectivity index (χ0v) is 14.4. The van der Waals surface area contributed by atoms with E-state index in [9.17, 15) is 18.0 Å². The summed E-state index contributed by atoms with van der Waals surface area (Å²) in [4.78, 5) is 24.8. The van der Waals surface area contributed by atoms with Gasteiger partial charge in [0.15, 0.2) is 6.61 Å². The molecule has 0 fully saturated rings. The first-order valence-corrected chi connectivity index (χ1v) is 8.95. The molecule has 1 aromatic rings. The highest BCUT2D eigenvalue weighted by Gasteiger charge is 2.32. The number of fused-ring (bicyclic) bond motifs is 1. The molecule has 7 nitrogen and oxygen atoms in total. The average Bonchev–Trinajstić information content (AvgIpc) is 2.78. The molecule has 126 valence electrons. The van der Waals surface area contributed by atoms with E-state index in [0.717, 1.165) is 11.8 Å². The Morgan fingerprint density at radius 3 is 2.57 bits per heavy atom. The minimum absolute atomic E-state index is 0.193. The van der Waals surface area contributed by atoms with Crippen LogP contribution in [0, 0.1) is 0 Å². The van der Waals surface area contributed by atoms with Crippen LogP contribution in [0.5, 0.6) is 0 Å². The number of sulfonamides is 1. The number of hydrogen-bond donors (Lipinski definition) is 0. The van der Waals surface area contributed by atoms with Gasteiger partial charge in [0.2, 0.25) is 10.0 Å². The number of anilines is 1. The Morgan fingerprint density at radius 1 is 1.35 bits per heavy atom. The number of carbonyl (C=O) groups excluding carboxylic acids is 2. The van der Waals surface area contributed by atoms with E-state index in [2.05, 4.69) is 0 Å². The van der Waals surface area contributed by atoms with Gasteiger partial charge in [0, 0.05) is 20.1 Å². The maximum atomic E-state index is 12.0. The predicted molar refractivity (Wildman–Crippen MR) is 85.9 cm³/mol. The summed E-state index contributed by atoms with van der Waals surface area (Å²) >= 11 is 0. The summed E-state index contributed by atoms with van der Waals surface area (Å²) in [5.41, 5.74) is 1.66. The molecule has 0 bridgehead atoms. The Bertz CT molecular complexity index is 742. The Morgan fingerprint density at radius 2 is 2.00 bits per heavy atom. The molecule has 1 heterocycles. The number of amides is 1. The molecule has 0 spiro atoms. The van der Waals surface area contributed by atoms with Crippen molar-refractivity contribution in [3.05, 3.63) is 29.3 Å². The smallest absolute Gasteiger partial charge is 0.338 e. The van der Waals surface area contributed by atoms with Gasteiger partial charge in [0.25, 0.3) is 5.91 Å². The van der Waals surface area contributed by atoms with E-state index in [-0.39, 0.29) is 18.6 Å². The molecular formula is C15H20N2O5S. The highest BCUT2D eigenvalue weighted by Crippen LogP contribution is 2.34. The van der Waals surface area contributed by atoms with E-state index in [1.165, 1.54) is 15.3 Å². The first-order valence-electron chi connectivity index (χ1n) is 7.11. The lowest BCUT2D eigenvalue weighted by Crippen LogP contribution is -2.34. The normalized spacial score (nSPS) is 16.9. The molecule has 1 amide bonds. The number of ether oxygens (including phenoxy) is 1. The van der Waals surface area contributed by atoms with Gasteiger partial charge in [0.1, 0.15) is 0 Å². The van der Waals surface area contributed by atoms with Crippen LogP contribution in [-0.4, -0.2) is 58.2 Å². The third-order valence-corrected chi connectivity index (χ3v) is 4.92. The predicted octanol–water partition coefficient (Wildman–Crippen LogP) is 0.642. The Labute approximate surface area is 135 Å². The summed E-state index contributed by atoms with van der Waals surface area (Å²) < 4.78 is 30.0. The average molecular weight is 340 g/mol. The molecule has 1 atom stereocenters. The van der Waals surface area contributed by atoms with E-state index in [4.69, 9.17) is 4.74 Å². The van der Waals surface area contributed by atoms with Gasteiger partial charge in [-0.05, 0) is 37.1 Å². The number of nitrogens with zero attached hydrogens (tertiary/aromatic N) is 2. The van der Waals surface area contributed by atoms with Crippen LogP contribution in [0.2, 0.25) is 0 Å². The van der Waals surface area contributed by atoms with Gasteiger partial charge < -0.3 is 9.64 Å². The van der Waals surface area contributed by atoms with Gasteiger partial charge in [-0.15, -0.1) is 0 Å². The topological polar surface area (TPSA) is 84.0 Å². The molecule has 0 saturated heterocycles. The number of carbonyl (C=O) groups is 2. The van der Waals surface area contributed by atoms with Crippen LogP contribution in [-0.2, 0) is 26.0 Å². The molecule has 0 aromatic heterocycles. The van der Waals surface area contributed by atoms with Gasteiger partial charge in [-0.3, -0.25) is 9.10 Å². The Balaban J connectivity index is 2.18. The third-order valence-electron chi connectivity index (χ3n) is 3.65. The number of esters is 1. The largest absolute Gasteiger partial charge is 0.452 e. The quantitative estimate of drug-likeness (QED) is 0.751. The van der Waals surface area contributed by atoms with Crippen molar-refractivity contribution in [1.82, 2.24) is 4.90 Å². The van der Waals surface area contributed by atoms with Gasteiger partial charge in [-0.2, -0.15) is 0 Å². The van der Waals surface area contributed by atoms with Crippen LogP contribution in [0.3, 0.4) is 0 Å². The summed E-state index contributed by atoms with van der Waals surface area (Å²) in [5, 5.41) is 0. The van der Waals surface area contributed by atoms with Crippen molar-refractivity contribution < 1.29 is 22.7 Å². The molecule has 1 aliphatic heterocycles. The number of likely N-dealkylation sites (N-methyl/N-ethyl adjacent to an activating group) is 1. The maximum absolute atomic E-state index is 12.0. The minimum atomic E-state index is -3.36. The van der Waals surface area contributed by atoms with Crippen molar-refractivity contribution >= 4 is 27.6 Å². The molecule has 1 aliphatic rings. The second-order valence-electron chi connectivity index (χ2n) is 5.82. The second kappa shape index (κ2) is 6.19. The van der Waals surface area contributed by atoms with Crippen LogP contribution in [0.4, 0.5) is 5.69 Å². The van der Waals surface area contributed by atoms with Crippen molar-refractivity contribution in [3.63, 3.8) is 0 Å². The first kappa shape index (κ1) is 17.3. The monoisotopic (exact) mass is 340 g/mol. The van der Waals surface area contributed by atoms with E-state index in [1.807, 2.05) is 6.92 Å². The van der Waals surface area contributed by atoms with Gasteiger partial charge in [0.05, 0.1) is 17.5 Å². The highest BCUT2D eigenvalue weighted by atomic mass is 32.2. The fourth-order valence-corrected chi connectivity index (χ4v) is 3.84. The molecule has 0 aliphatic carbocycles. The third kappa shape index (κ3) is 3.64. The highest BCUT2D eigenvalue weighted by molar-refractivity contribution is 7.92. The standard InChI is InChI=1S/C15H20N2O5S/c1-10-7-12-8-11(15(19)22-9-14(18)16(2)3)5-6-13(12)17(10)23(4,20)21/h5-6,8,10H,7,9H2,1-4H3/t10-/m1/s1. The summed E-state index contributed by atoms with van der Waals surface area (Å²) in [6.45, 7) is 1.49. The number of benzene rings is 1. The summed E-state index contributed by atoms with van der Waals surface area (Å²) in [6, 6.07) is 4.54. The van der Waals surface area contributed by atoms with Crippen molar-refractivity contribution in [2.75, 3.05) is 31.3 Å². The van der Waals surface area contributed by atoms with Crippen molar-refractivity contribution in [2.24, 2.45) is 0 Å². The summed E-state index contributed by atoms with van der Waals surface area (Å²) in [7, 11) is -0.210. The fraction of sp³-hybridized carbons (Fsp3) is 0.467. The molecule has 2 rings (SSSR count). The van der Waals surface area contributed by atoms with Crippen LogP contribution in [0.15, 0.2) is 18.2 Å². The zero-order valence-electron chi connectivity index (χ0n) is 13.6. The van der Waals surface area contributed by atoms with Crippen molar-refractivity contribution in [2.45, 2.75) is 19.4 Å². The van der Waals surface area contributed by atoms with Crippen LogP contribution in [0.1, 0.15) is 22.8 Å². The molecule has 1 aromatic carbocycles. The lowest BCUT2D eigenvalue weighted by Gasteiger charge is -2.21. The number of rotatable bonds is 4. The first-order chi connectivity index (χ1) is 10.6. The molecule has 0 unspecified atom stereocenters. The fourth-order valence-electron chi connectivity index (χ4n) is 2.57. The van der Waals surface area contributed by atoms with Gasteiger partial charge >= 0.3 is 5.97 Å². The SMILES string of the molecule is C[C@@H]1Cc2cc(C(=O)OCC(=O)N(C)C)ccc2N1S(C)(=O)=O. The lowest BCUT2D eigenvalue weighted by molar-refractivity contribution is -0.131. The lowest BCUT2D eigenvalue weighted by atomic mass is 10.1. The molecular weight excluding hydrogens is 320 g/mol. The summed E-state index contributed by atoms with van der Waals surface area (Å²) in [6.07, 6.45) is 1.69. The Kier molecular flexibility index (Phi) is 4.65. The van der Waals surface area contributed by atoms with Crippen LogP contribution >= 0.6 is 0 Å². The molecule has 0 N–H and O–H groups in total. The molecule has 0 saturated carbocycles. The van der Waals surface area contributed by atoms with Crippen molar-refractivity contribution in [1.29, 1.82) is 0 Å². The van der Waals surface area contributed by atoms with E-state index in [0.29, 0.717) is 17.7 Å². The van der Waals surface area contributed by atoms with Crippen molar-refractivity contribution in [3.8, 4) is 0 Å². The minimum Gasteiger partial charge on any atom is -0.452 e. The maximum Gasteiger partial charge on any atom is 0.338 e. The van der Waals surface area contributed by atoms with Crippen LogP contribution < -0.4 is 4.31 Å². The number of hydrogen-bond acceptors (Lipinski definition) is 5. The molecule has 0 radical (unpaired) electrons. The Hall–Kier alpha value is -2.09. The van der Waals surface area contributed by atoms with Gasteiger partial charge in [-0.1, -0.05) is 0 Å². The zero-order chi connectivity index (χ0) is 17.4. The second-order valence-corrected chi connectivity index (χ2v) is 7.68. The van der Waals surface area contributed by atoms with E-state index >= 15 is 0 Å². The van der Waals surface area contributed by atoms with Gasteiger partial charge in [-0.25, -0.2) is 13.2 Å². The van der Waals surface area contributed by atoms with Crippen LogP contribution in [0.25, 0.3) is 0 Å². The van der Waals surface area contributed by atoms with E-state index in [1.54, 1.807) is 26.2 Å². The molecule has 8 heteroatoms. The van der Waals surface area contributed by atoms with E-state index < -0.39 is 16.0 Å². The molecule has 23 heavy (non-hydrogen) atoms. The summed E-state index contributed by atoms with van der Waals surface area (Å²) in [5.74, 6) is -0.912.